The number of amides is 2. The van der Waals surface area contributed by atoms with Gasteiger partial charge in [-0.25, -0.2) is 4.79 Å². The maximum Gasteiger partial charge on any atom is 0.410 e. The number of carbonyl (C=O) groups is 2. The lowest BCUT2D eigenvalue weighted by Crippen LogP contribution is -2.54. The molecule has 0 aliphatic carbocycles. The molecule has 1 aromatic carbocycles. The van der Waals surface area contributed by atoms with Crippen molar-refractivity contribution in [1.82, 2.24) is 9.80 Å². The van der Waals surface area contributed by atoms with E-state index in [-0.39, 0.29) is 12.0 Å². The van der Waals surface area contributed by atoms with Gasteiger partial charge in [-0.2, -0.15) is 0 Å². The molecule has 1 aromatic rings. The van der Waals surface area contributed by atoms with Crippen LogP contribution in [0.3, 0.4) is 0 Å². The zero-order chi connectivity index (χ0) is 19.5. The third kappa shape index (κ3) is 5.38. The summed E-state index contributed by atoms with van der Waals surface area (Å²) in [5.74, 6) is 0.664. The molecule has 0 bridgehead atoms. The summed E-state index contributed by atoms with van der Waals surface area (Å²) in [4.78, 5) is 28.1. The van der Waals surface area contributed by atoms with Gasteiger partial charge in [-0.3, -0.25) is 4.79 Å². The highest BCUT2D eigenvalue weighted by molar-refractivity contribution is 5.81. The summed E-state index contributed by atoms with van der Waals surface area (Å²) < 4.78 is 11.2. The van der Waals surface area contributed by atoms with Crippen molar-refractivity contribution in [3.63, 3.8) is 0 Å². The highest BCUT2D eigenvalue weighted by atomic mass is 16.6. The average molecular weight is 362 g/mol. The standard InChI is InChI=1S/C20H30N2O4/c1-14-7-8-17(15(2)13-14)25-16(3)18(23)21-9-11-22(12-10-21)19(24)26-20(4,5)6/h7-8,13,16H,9-12H2,1-6H3. The summed E-state index contributed by atoms with van der Waals surface area (Å²) in [6, 6.07) is 5.90. The number of ether oxygens (including phenoxy) is 2. The van der Waals surface area contributed by atoms with Crippen molar-refractivity contribution in [2.45, 2.75) is 53.2 Å². The molecule has 1 atom stereocenters. The van der Waals surface area contributed by atoms with Crippen LogP contribution >= 0.6 is 0 Å². The molecular formula is C20H30N2O4. The summed E-state index contributed by atoms with van der Waals surface area (Å²) in [5, 5.41) is 0. The Balaban J connectivity index is 1.88. The highest BCUT2D eigenvalue weighted by Crippen LogP contribution is 2.21. The number of rotatable bonds is 3. The predicted octanol–water partition coefficient (Wildman–Crippen LogP) is 3.15. The first-order valence-corrected chi connectivity index (χ1v) is 9.07. The van der Waals surface area contributed by atoms with Gasteiger partial charge in [0.05, 0.1) is 0 Å². The molecular weight excluding hydrogens is 332 g/mol. The van der Waals surface area contributed by atoms with Gasteiger partial charge in [0.2, 0.25) is 0 Å². The number of nitrogens with zero attached hydrogens (tertiary/aromatic N) is 2. The first-order valence-electron chi connectivity index (χ1n) is 9.07. The molecule has 26 heavy (non-hydrogen) atoms. The van der Waals surface area contributed by atoms with Crippen LogP contribution < -0.4 is 4.74 Å². The van der Waals surface area contributed by atoms with Crippen LogP contribution in [0, 0.1) is 13.8 Å². The molecule has 144 valence electrons. The normalized spacial score (nSPS) is 16.2. The summed E-state index contributed by atoms with van der Waals surface area (Å²) in [6.45, 7) is 13.2. The van der Waals surface area contributed by atoms with Gasteiger partial charge < -0.3 is 19.3 Å². The smallest absolute Gasteiger partial charge is 0.410 e. The minimum Gasteiger partial charge on any atom is -0.481 e. The summed E-state index contributed by atoms with van der Waals surface area (Å²) in [5.41, 5.74) is 1.66. The second-order valence-electron chi connectivity index (χ2n) is 7.82. The summed E-state index contributed by atoms with van der Waals surface area (Å²) in [7, 11) is 0. The zero-order valence-corrected chi connectivity index (χ0v) is 16.7. The fraction of sp³-hybridized carbons (Fsp3) is 0.600. The second-order valence-corrected chi connectivity index (χ2v) is 7.82. The molecule has 0 spiro atoms. The van der Waals surface area contributed by atoms with Crippen LogP contribution in [-0.2, 0) is 9.53 Å². The quantitative estimate of drug-likeness (QED) is 0.829. The fourth-order valence-corrected chi connectivity index (χ4v) is 2.87. The number of benzene rings is 1. The van der Waals surface area contributed by atoms with Gasteiger partial charge >= 0.3 is 6.09 Å². The second kappa shape index (κ2) is 7.98. The van der Waals surface area contributed by atoms with E-state index in [4.69, 9.17) is 9.47 Å². The number of aryl methyl sites for hydroxylation is 2. The first-order chi connectivity index (χ1) is 12.1. The van der Waals surface area contributed by atoms with Crippen LogP contribution in [0.5, 0.6) is 5.75 Å². The Kier molecular flexibility index (Phi) is 6.16. The fourth-order valence-electron chi connectivity index (χ4n) is 2.87. The molecule has 1 heterocycles. The van der Waals surface area contributed by atoms with E-state index < -0.39 is 11.7 Å². The van der Waals surface area contributed by atoms with Gasteiger partial charge in [-0.1, -0.05) is 17.7 Å². The van der Waals surface area contributed by atoms with Crippen molar-refractivity contribution < 1.29 is 19.1 Å². The zero-order valence-electron chi connectivity index (χ0n) is 16.7. The molecule has 0 saturated carbocycles. The van der Waals surface area contributed by atoms with Gasteiger partial charge in [0.25, 0.3) is 5.91 Å². The minimum atomic E-state index is -0.565. The molecule has 0 N–H and O–H groups in total. The third-order valence-electron chi connectivity index (χ3n) is 4.22. The van der Waals surface area contributed by atoms with Crippen LogP contribution in [0.25, 0.3) is 0 Å². The van der Waals surface area contributed by atoms with Crippen molar-refractivity contribution in [3.8, 4) is 5.75 Å². The molecule has 0 radical (unpaired) electrons. The Morgan fingerprint density at radius 1 is 1.04 bits per heavy atom. The van der Waals surface area contributed by atoms with E-state index in [1.807, 2.05) is 52.8 Å². The van der Waals surface area contributed by atoms with Crippen LogP contribution in [0.15, 0.2) is 18.2 Å². The van der Waals surface area contributed by atoms with Crippen molar-refractivity contribution in [1.29, 1.82) is 0 Å². The van der Waals surface area contributed by atoms with Crippen LogP contribution in [0.4, 0.5) is 4.79 Å². The molecule has 1 saturated heterocycles. The van der Waals surface area contributed by atoms with E-state index in [0.29, 0.717) is 26.2 Å². The monoisotopic (exact) mass is 362 g/mol. The Labute approximate surface area is 156 Å². The van der Waals surface area contributed by atoms with Gasteiger partial charge in [-0.05, 0) is 53.2 Å². The summed E-state index contributed by atoms with van der Waals surface area (Å²) in [6.07, 6.45) is -0.895. The van der Waals surface area contributed by atoms with Crippen LogP contribution in [-0.4, -0.2) is 59.7 Å². The van der Waals surface area contributed by atoms with Crippen LogP contribution in [0.1, 0.15) is 38.8 Å². The van der Waals surface area contributed by atoms with Gasteiger partial charge in [-0.15, -0.1) is 0 Å². The molecule has 1 aliphatic rings. The Bertz CT molecular complexity index is 658. The molecule has 2 rings (SSSR count). The maximum absolute atomic E-state index is 12.7. The van der Waals surface area contributed by atoms with Gasteiger partial charge in [0.15, 0.2) is 6.10 Å². The SMILES string of the molecule is Cc1ccc(OC(C)C(=O)N2CCN(C(=O)OC(C)(C)C)CC2)c(C)c1. The van der Waals surface area contributed by atoms with E-state index in [9.17, 15) is 9.59 Å². The number of hydrogen-bond acceptors (Lipinski definition) is 4. The Morgan fingerprint density at radius 3 is 2.15 bits per heavy atom. The maximum atomic E-state index is 12.7. The Hall–Kier alpha value is -2.24. The average Bonchev–Trinajstić information content (AvgIpc) is 2.55. The number of piperazine rings is 1. The molecule has 6 heteroatoms. The molecule has 6 nitrogen and oxygen atoms in total. The minimum absolute atomic E-state index is 0.0613. The topological polar surface area (TPSA) is 59.1 Å². The summed E-state index contributed by atoms with van der Waals surface area (Å²) >= 11 is 0. The molecule has 2 amide bonds. The lowest BCUT2D eigenvalue weighted by Gasteiger charge is -2.36. The third-order valence-corrected chi connectivity index (χ3v) is 4.22. The highest BCUT2D eigenvalue weighted by Gasteiger charge is 2.30. The van der Waals surface area contributed by atoms with E-state index in [1.54, 1.807) is 16.7 Å². The van der Waals surface area contributed by atoms with Crippen molar-refractivity contribution in [3.05, 3.63) is 29.3 Å². The molecule has 1 unspecified atom stereocenters. The number of carbonyl (C=O) groups excluding carboxylic acids is 2. The molecule has 1 fully saturated rings. The van der Waals surface area contributed by atoms with E-state index in [0.717, 1.165) is 16.9 Å². The molecule has 1 aliphatic heterocycles. The van der Waals surface area contributed by atoms with Gasteiger partial charge in [0.1, 0.15) is 11.4 Å². The predicted molar refractivity (Wildman–Crippen MR) is 100 cm³/mol. The van der Waals surface area contributed by atoms with Crippen molar-refractivity contribution in [2.75, 3.05) is 26.2 Å². The van der Waals surface area contributed by atoms with E-state index >= 15 is 0 Å². The van der Waals surface area contributed by atoms with Gasteiger partial charge in [0, 0.05) is 26.2 Å². The lowest BCUT2D eigenvalue weighted by atomic mass is 10.1. The first kappa shape index (κ1) is 20.1. The largest absolute Gasteiger partial charge is 0.481 e. The number of hydrogen-bond donors (Lipinski definition) is 0. The van der Waals surface area contributed by atoms with Crippen LogP contribution in [0.2, 0.25) is 0 Å². The lowest BCUT2D eigenvalue weighted by molar-refractivity contribution is -0.139. The Morgan fingerprint density at radius 2 is 1.62 bits per heavy atom. The van der Waals surface area contributed by atoms with E-state index in [1.165, 1.54) is 0 Å². The van der Waals surface area contributed by atoms with E-state index in [2.05, 4.69) is 0 Å². The molecule has 0 aromatic heterocycles. The van der Waals surface area contributed by atoms with Crippen molar-refractivity contribution >= 4 is 12.0 Å². The van der Waals surface area contributed by atoms with Crippen molar-refractivity contribution in [2.24, 2.45) is 0 Å².